The maximum atomic E-state index is 6.23. The van der Waals surface area contributed by atoms with Gasteiger partial charge in [-0.2, -0.15) is 0 Å². The zero-order valence-electron chi connectivity index (χ0n) is 12.3. The summed E-state index contributed by atoms with van der Waals surface area (Å²) in [6.45, 7) is 7.03. The molecule has 0 heterocycles. The number of rotatable bonds is 4. The summed E-state index contributed by atoms with van der Waals surface area (Å²) < 4.78 is 0. The topological polar surface area (TPSA) is 12.0 Å². The Hall–Kier alpha value is -0.530. The summed E-state index contributed by atoms with van der Waals surface area (Å²) in [5.41, 5.74) is 1.25. The zero-order chi connectivity index (χ0) is 13.8. The molecule has 0 aliphatic heterocycles. The highest BCUT2D eigenvalue weighted by Gasteiger charge is 2.24. The van der Waals surface area contributed by atoms with Gasteiger partial charge in [0.05, 0.1) is 0 Å². The first-order valence-electron chi connectivity index (χ1n) is 7.54. The Morgan fingerprint density at radius 1 is 1.16 bits per heavy atom. The molecule has 0 amide bonds. The predicted molar refractivity (Wildman–Crippen MR) is 83.7 cm³/mol. The highest BCUT2D eigenvalue weighted by molar-refractivity contribution is 6.31. The smallest absolute Gasteiger partial charge is 0.0438 e. The van der Waals surface area contributed by atoms with Crippen molar-refractivity contribution in [2.24, 2.45) is 11.8 Å². The van der Waals surface area contributed by atoms with Crippen LogP contribution in [0.4, 0.5) is 0 Å². The summed E-state index contributed by atoms with van der Waals surface area (Å²) in [6.07, 6.45) is 5.03. The van der Waals surface area contributed by atoms with Crippen LogP contribution in [0.1, 0.15) is 45.6 Å². The molecule has 1 aliphatic rings. The standard InChI is InChI=1S/C17H26ClN/c1-12-8-13(2)10-16(9-12)19-14(3)11-15-6-4-5-7-17(15)18/h4-7,12-14,16,19H,8-11H2,1-3H3. The normalized spacial score (nSPS) is 29.2. The van der Waals surface area contributed by atoms with E-state index in [0.29, 0.717) is 12.1 Å². The lowest BCUT2D eigenvalue weighted by Crippen LogP contribution is -2.42. The Bertz CT molecular complexity index is 394. The van der Waals surface area contributed by atoms with Gasteiger partial charge in [0.15, 0.2) is 0 Å². The lowest BCUT2D eigenvalue weighted by atomic mass is 9.80. The van der Waals surface area contributed by atoms with Crippen molar-refractivity contribution in [3.8, 4) is 0 Å². The molecule has 19 heavy (non-hydrogen) atoms. The molecule has 0 bridgehead atoms. The van der Waals surface area contributed by atoms with Crippen LogP contribution in [0, 0.1) is 11.8 Å². The van der Waals surface area contributed by atoms with Crippen molar-refractivity contribution in [3.05, 3.63) is 34.9 Å². The van der Waals surface area contributed by atoms with Gasteiger partial charge in [0.2, 0.25) is 0 Å². The van der Waals surface area contributed by atoms with E-state index in [4.69, 9.17) is 11.6 Å². The van der Waals surface area contributed by atoms with Gasteiger partial charge in [0.1, 0.15) is 0 Å². The maximum Gasteiger partial charge on any atom is 0.0438 e. The minimum absolute atomic E-state index is 0.488. The molecule has 1 aromatic carbocycles. The van der Waals surface area contributed by atoms with Crippen molar-refractivity contribution >= 4 is 11.6 Å². The van der Waals surface area contributed by atoms with E-state index in [1.807, 2.05) is 12.1 Å². The molecular formula is C17H26ClN. The SMILES string of the molecule is CC1CC(C)CC(NC(C)Cc2ccccc2Cl)C1. The quantitative estimate of drug-likeness (QED) is 0.843. The average Bonchev–Trinajstić information content (AvgIpc) is 2.30. The van der Waals surface area contributed by atoms with Gasteiger partial charge in [0, 0.05) is 17.1 Å². The summed E-state index contributed by atoms with van der Waals surface area (Å²) in [6, 6.07) is 9.34. The molecule has 1 aromatic rings. The number of hydrogen-bond acceptors (Lipinski definition) is 1. The minimum Gasteiger partial charge on any atom is -0.311 e. The van der Waals surface area contributed by atoms with Gasteiger partial charge in [-0.05, 0) is 56.1 Å². The molecule has 2 rings (SSSR count). The second-order valence-electron chi connectivity index (χ2n) is 6.48. The van der Waals surface area contributed by atoms with Crippen molar-refractivity contribution in [1.82, 2.24) is 5.32 Å². The van der Waals surface area contributed by atoms with Gasteiger partial charge in [-0.1, -0.05) is 43.6 Å². The van der Waals surface area contributed by atoms with Crippen molar-refractivity contribution in [2.45, 2.75) is 58.5 Å². The molecule has 2 heteroatoms. The number of benzene rings is 1. The summed E-state index contributed by atoms with van der Waals surface area (Å²) in [5.74, 6) is 1.71. The predicted octanol–water partition coefficient (Wildman–Crippen LogP) is 4.69. The fourth-order valence-corrected chi connectivity index (χ4v) is 3.75. The third-order valence-electron chi connectivity index (χ3n) is 4.18. The van der Waals surface area contributed by atoms with Crippen LogP contribution in [-0.4, -0.2) is 12.1 Å². The molecule has 3 atom stereocenters. The summed E-state index contributed by atoms with van der Waals surface area (Å²) in [7, 11) is 0. The second kappa shape index (κ2) is 6.76. The Kier molecular flexibility index (Phi) is 5.29. The van der Waals surface area contributed by atoms with Gasteiger partial charge in [-0.15, -0.1) is 0 Å². The first-order valence-corrected chi connectivity index (χ1v) is 7.91. The summed E-state index contributed by atoms with van der Waals surface area (Å²) in [4.78, 5) is 0. The molecule has 1 fully saturated rings. The van der Waals surface area contributed by atoms with E-state index in [0.717, 1.165) is 23.3 Å². The maximum absolute atomic E-state index is 6.23. The van der Waals surface area contributed by atoms with Crippen molar-refractivity contribution in [3.63, 3.8) is 0 Å². The van der Waals surface area contributed by atoms with Crippen LogP contribution >= 0.6 is 11.6 Å². The second-order valence-corrected chi connectivity index (χ2v) is 6.88. The molecule has 3 unspecified atom stereocenters. The first-order chi connectivity index (χ1) is 9.04. The highest BCUT2D eigenvalue weighted by atomic mass is 35.5. The fraction of sp³-hybridized carbons (Fsp3) is 0.647. The van der Waals surface area contributed by atoms with Crippen LogP contribution in [0.15, 0.2) is 24.3 Å². The minimum atomic E-state index is 0.488. The van der Waals surface area contributed by atoms with E-state index in [2.05, 4.69) is 38.2 Å². The molecule has 1 nitrogen and oxygen atoms in total. The molecule has 0 spiro atoms. The first kappa shape index (κ1) is 14.9. The number of nitrogens with one attached hydrogen (secondary N) is 1. The Morgan fingerprint density at radius 3 is 2.42 bits per heavy atom. The van der Waals surface area contributed by atoms with Gasteiger partial charge in [-0.3, -0.25) is 0 Å². The summed E-state index contributed by atoms with van der Waals surface area (Å²) >= 11 is 6.23. The van der Waals surface area contributed by atoms with Crippen LogP contribution < -0.4 is 5.32 Å². The molecular weight excluding hydrogens is 254 g/mol. The van der Waals surface area contributed by atoms with E-state index in [9.17, 15) is 0 Å². The lowest BCUT2D eigenvalue weighted by molar-refractivity contribution is 0.227. The number of hydrogen-bond donors (Lipinski definition) is 1. The Balaban J connectivity index is 1.87. The van der Waals surface area contributed by atoms with Crippen LogP contribution in [0.5, 0.6) is 0 Å². The third kappa shape index (κ3) is 4.50. The van der Waals surface area contributed by atoms with Gasteiger partial charge in [0.25, 0.3) is 0 Å². The van der Waals surface area contributed by atoms with Gasteiger partial charge in [-0.25, -0.2) is 0 Å². The molecule has 1 saturated carbocycles. The van der Waals surface area contributed by atoms with Crippen LogP contribution in [0.25, 0.3) is 0 Å². The van der Waals surface area contributed by atoms with E-state index in [-0.39, 0.29) is 0 Å². The van der Waals surface area contributed by atoms with E-state index in [1.54, 1.807) is 0 Å². The Labute approximate surface area is 122 Å². The van der Waals surface area contributed by atoms with Crippen molar-refractivity contribution < 1.29 is 0 Å². The average molecular weight is 280 g/mol. The monoisotopic (exact) mass is 279 g/mol. The largest absolute Gasteiger partial charge is 0.311 e. The van der Waals surface area contributed by atoms with E-state index in [1.165, 1.54) is 24.8 Å². The summed E-state index contributed by atoms with van der Waals surface area (Å²) in [5, 5.41) is 4.69. The molecule has 0 radical (unpaired) electrons. The van der Waals surface area contributed by atoms with Crippen LogP contribution in [0.3, 0.4) is 0 Å². The third-order valence-corrected chi connectivity index (χ3v) is 4.55. The molecule has 1 N–H and O–H groups in total. The van der Waals surface area contributed by atoms with Gasteiger partial charge < -0.3 is 5.32 Å². The Morgan fingerprint density at radius 2 is 1.79 bits per heavy atom. The van der Waals surface area contributed by atoms with Crippen LogP contribution in [-0.2, 0) is 6.42 Å². The zero-order valence-corrected chi connectivity index (χ0v) is 13.1. The molecule has 0 saturated heterocycles. The van der Waals surface area contributed by atoms with Crippen molar-refractivity contribution in [1.29, 1.82) is 0 Å². The van der Waals surface area contributed by atoms with E-state index >= 15 is 0 Å². The van der Waals surface area contributed by atoms with Crippen LogP contribution in [0.2, 0.25) is 5.02 Å². The fourth-order valence-electron chi connectivity index (χ4n) is 3.54. The molecule has 106 valence electrons. The molecule has 1 aliphatic carbocycles. The lowest BCUT2D eigenvalue weighted by Gasteiger charge is -2.34. The van der Waals surface area contributed by atoms with Gasteiger partial charge >= 0.3 is 0 Å². The number of halogens is 1. The van der Waals surface area contributed by atoms with E-state index < -0.39 is 0 Å². The molecule has 0 aromatic heterocycles. The highest BCUT2D eigenvalue weighted by Crippen LogP contribution is 2.29. The van der Waals surface area contributed by atoms with Crippen molar-refractivity contribution in [2.75, 3.05) is 0 Å².